The zero-order valence-electron chi connectivity index (χ0n) is 32.9. The Labute approximate surface area is 342 Å². The molecule has 6 aliphatic rings. The molecule has 13 nitrogen and oxygen atoms in total. The lowest BCUT2D eigenvalue weighted by atomic mass is 9.70. The standard InChI is InChI=1S/C46H47N7O6/c54-32-7-9-34-29(22-32)6-8-33(28-4-2-1-3-5-28)42(34)37-10-12-39(49-48-37)51-18-14-46(15-19-51)16-20-52(21-17-46)41(56)27-50-25-30-23-35-36(24-31(30)26-50)45(59)53(44(35)58)38-11-13-40(55)47-43(38)57/h1-5,7,9-10,12,22-24,33,38,42,54H,6,8,11,13-21,25-27H2,(H,47,55,57)/t33-,38?,42+/m0/s1. The summed E-state index contributed by atoms with van der Waals surface area (Å²) in [5, 5.41) is 22.1. The number of phenolic OH excluding ortho intramolecular Hbond substituents is 1. The first-order chi connectivity index (χ1) is 28.6. The highest BCUT2D eigenvalue weighted by molar-refractivity contribution is 6.23. The zero-order valence-corrected chi connectivity index (χ0v) is 32.9. The molecular weight excluding hydrogens is 747 g/mol. The summed E-state index contributed by atoms with van der Waals surface area (Å²) in [6.07, 6.45) is 6.10. The highest BCUT2D eigenvalue weighted by Crippen LogP contribution is 2.47. The molecule has 10 rings (SSSR count). The van der Waals surface area contributed by atoms with Crippen LogP contribution in [0.15, 0.2) is 72.8 Å². The summed E-state index contributed by atoms with van der Waals surface area (Å²) in [6.45, 7) is 4.50. The lowest BCUT2D eigenvalue weighted by Gasteiger charge is -2.47. The molecule has 1 aliphatic carbocycles. The molecule has 3 aromatic carbocycles. The van der Waals surface area contributed by atoms with Crippen LogP contribution in [-0.4, -0.2) is 98.3 Å². The van der Waals surface area contributed by atoms with Crippen molar-refractivity contribution in [2.45, 2.75) is 82.3 Å². The predicted molar refractivity (Wildman–Crippen MR) is 216 cm³/mol. The van der Waals surface area contributed by atoms with Gasteiger partial charge in [-0.2, -0.15) is 5.10 Å². The molecule has 5 aliphatic heterocycles. The number of amides is 5. The van der Waals surface area contributed by atoms with Crippen LogP contribution in [0.3, 0.4) is 0 Å². The Morgan fingerprint density at radius 1 is 0.763 bits per heavy atom. The number of rotatable bonds is 6. The van der Waals surface area contributed by atoms with Crippen LogP contribution in [-0.2, 0) is 33.9 Å². The molecule has 13 heteroatoms. The van der Waals surface area contributed by atoms with Crippen molar-refractivity contribution in [1.29, 1.82) is 0 Å². The van der Waals surface area contributed by atoms with Crippen LogP contribution in [0.1, 0.15) is 111 Å². The number of imide groups is 2. The summed E-state index contributed by atoms with van der Waals surface area (Å²) in [5.74, 6) is -0.450. The maximum absolute atomic E-state index is 13.6. The highest BCUT2D eigenvalue weighted by Gasteiger charge is 2.46. The molecule has 3 atom stereocenters. The molecule has 3 saturated heterocycles. The first-order valence-corrected chi connectivity index (χ1v) is 21.0. The zero-order chi connectivity index (χ0) is 40.4. The fourth-order valence-corrected chi connectivity index (χ4v) is 10.7. The normalized spacial score (nSPS) is 23.9. The van der Waals surface area contributed by atoms with Crippen molar-refractivity contribution in [2.75, 3.05) is 37.6 Å². The van der Waals surface area contributed by atoms with Gasteiger partial charge in [-0.25, -0.2) is 0 Å². The largest absolute Gasteiger partial charge is 0.508 e. The number of aryl methyl sites for hydroxylation is 1. The van der Waals surface area contributed by atoms with Crippen molar-refractivity contribution in [3.05, 3.63) is 117 Å². The van der Waals surface area contributed by atoms with E-state index in [-0.39, 0.29) is 53.7 Å². The Bertz CT molecular complexity index is 2320. The van der Waals surface area contributed by atoms with E-state index in [0.717, 1.165) is 92.2 Å². The van der Waals surface area contributed by atoms with Crippen molar-refractivity contribution in [1.82, 2.24) is 30.2 Å². The van der Waals surface area contributed by atoms with Gasteiger partial charge < -0.3 is 14.9 Å². The van der Waals surface area contributed by atoms with Crippen molar-refractivity contribution in [2.24, 2.45) is 5.41 Å². The van der Waals surface area contributed by atoms with Gasteiger partial charge in [-0.3, -0.25) is 39.1 Å². The average molecular weight is 794 g/mol. The number of nitrogens with zero attached hydrogens (tertiary/aromatic N) is 6. The third kappa shape index (κ3) is 6.74. The molecule has 0 radical (unpaired) electrons. The molecule has 5 amide bonds. The van der Waals surface area contributed by atoms with Crippen molar-refractivity contribution in [3.8, 4) is 5.75 Å². The van der Waals surface area contributed by atoms with Crippen LogP contribution in [0.25, 0.3) is 0 Å². The SMILES string of the molecule is O=C1CCC(N2C(=O)c3cc4c(cc3C2=O)CN(CC(=O)N2CCC3(CC2)CCN(c2ccc([C@H]5c6ccc(O)cc6CC[C@H]5c5ccccc5)nn2)CC3)C4)C(=O)N1. The fourth-order valence-electron chi connectivity index (χ4n) is 10.7. The summed E-state index contributed by atoms with van der Waals surface area (Å²) in [4.78, 5) is 71.7. The Kier molecular flexibility index (Phi) is 9.30. The minimum Gasteiger partial charge on any atom is -0.508 e. The van der Waals surface area contributed by atoms with Crippen LogP contribution in [0.4, 0.5) is 5.82 Å². The molecule has 4 aromatic rings. The highest BCUT2D eigenvalue weighted by atomic mass is 16.3. The Morgan fingerprint density at radius 2 is 1.46 bits per heavy atom. The van der Waals surface area contributed by atoms with Crippen LogP contribution >= 0.6 is 0 Å². The van der Waals surface area contributed by atoms with E-state index in [4.69, 9.17) is 10.2 Å². The van der Waals surface area contributed by atoms with Gasteiger partial charge in [0.05, 0.1) is 23.4 Å². The van der Waals surface area contributed by atoms with Gasteiger partial charge in [0, 0.05) is 51.6 Å². The summed E-state index contributed by atoms with van der Waals surface area (Å²) >= 11 is 0. The third-order valence-corrected chi connectivity index (χ3v) is 14.0. The van der Waals surface area contributed by atoms with Gasteiger partial charge in [-0.1, -0.05) is 36.4 Å². The molecular formula is C46H47N7O6. The number of aromatic nitrogens is 2. The Balaban J connectivity index is 0.732. The van der Waals surface area contributed by atoms with Gasteiger partial charge in [0.1, 0.15) is 11.8 Å². The number of fused-ring (bicyclic) bond motifs is 3. The lowest BCUT2D eigenvalue weighted by molar-refractivity contribution is -0.137. The second kappa shape index (κ2) is 14.7. The molecule has 1 spiro atoms. The number of hydrogen-bond acceptors (Lipinski definition) is 10. The number of aromatic hydroxyl groups is 1. The maximum atomic E-state index is 13.6. The number of likely N-dealkylation sites (tertiary alicyclic amines) is 1. The van der Waals surface area contributed by atoms with E-state index < -0.39 is 29.7 Å². The summed E-state index contributed by atoms with van der Waals surface area (Å²) in [6, 6.07) is 23.1. The third-order valence-electron chi connectivity index (χ3n) is 14.0. The van der Waals surface area contributed by atoms with E-state index in [0.29, 0.717) is 18.8 Å². The molecule has 0 saturated carbocycles. The van der Waals surface area contributed by atoms with E-state index in [1.54, 1.807) is 18.2 Å². The van der Waals surface area contributed by atoms with Crippen LogP contribution < -0.4 is 10.2 Å². The van der Waals surface area contributed by atoms with E-state index in [1.165, 1.54) is 16.7 Å². The molecule has 0 bridgehead atoms. The number of phenols is 1. The number of piperidine rings is 3. The van der Waals surface area contributed by atoms with Crippen LogP contribution in [0, 0.1) is 5.41 Å². The Morgan fingerprint density at radius 3 is 2.12 bits per heavy atom. The van der Waals surface area contributed by atoms with Gasteiger partial charge in [-0.05, 0) is 120 Å². The van der Waals surface area contributed by atoms with E-state index in [2.05, 4.69) is 63.6 Å². The Hall–Kier alpha value is -5.95. The molecule has 3 fully saturated rings. The molecule has 1 aromatic heterocycles. The monoisotopic (exact) mass is 793 g/mol. The second-order valence-electron chi connectivity index (χ2n) is 17.4. The maximum Gasteiger partial charge on any atom is 0.262 e. The first kappa shape index (κ1) is 37.3. The average Bonchev–Trinajstić information content (AvgIpc) is 3.75. The van der Waals surface area contributed by atoms with Gasteiger partial charge in [-0.15, -0.1) is 5.10 Å². The minimum atomic E-state index is -0.995. The number of carbonyl (C=O) groups excluding carboxylic acids is 5. The minimum absolute atomic E-state index is 0.0543. The second-order valence-corrected chi connectivity index (χ2v) is 17.4. The first-order valence-electron chi connectivity index (χ1n) is 21.0. The molecule has 59 heavy (non-hydrogen) atoms. The van der Waals surface area contributed by atoms with Crippen LogP contribution in [0.2, 0.25) is 0 Å². The molecule has 2 N–H and O–H groups in total. The van der Waals surface area contributed by atoms with Gasteiger partial charge in [0.25, 0.3) is 11.8 Å². The van der Waals surface area contributed by atoms with Gasteiger partial charge in [0.2, 0.25) is 17.7 Å². The lowest BCUT2D eigenvalue weighted by Crippen LogP contribution is -2.54. The summed E-state index contributed by atoms with van der Waals surface area (Å²) < 4.78 is 0. The quantitative estimate of drug-likeness (QED) is 0.263. The number of carbonyl (C=O) groups is 5. The van der Waals surface area contributed by atoms with Crippen molar-refractivity contribution in [3.63, 3.8) is 0 Å². The smallest absolute Gasteiger partial charge is 0.262 e. The molecule has 1 unspecified atom stereocenters. The van der Waals surface area contributed by atoms with E-state index in [1.807, 2.05) is 11.0 Å². The summed E-state index contributed by atoms with van der Waals surface area (Å²) in [5.41, 5.74) is 7.18. The number of hydrogen-bond donors (Lipinski definition) is 2. The topological polar surface area (TPSA) is 156 Å². The van der Waals surface area contributed by atoms with Crippen molar-refractivity contribution >= 4 is 35.4 Å². The van der Waals surface area contributed by atoms with Crippen LogP contribution in [0.5, 0.6) is 5.75 Å². The van der Waals surface area contributed by atoms with E-state index >= 15 is 0 Å². The molecule has 6 heterocycles. The van der Waals surface area contributed by atoms with E-state index in [9.17, 15) is 29.1 Å². The fraction of sp³-hybridized carbons (Fsp3) is 0.413. The molecule has 302 valence electrons. The number of anilines is 1. The number of benzene rings is 3. The number of nitrogens with one attached hydrogen (secondary N) is 1. The van der Waals surface area contributed by atoms with Crippen molar-refractivity contribution < 1.29 is 29.1 Å². The summed E-state index contributed by atoms with van der Waals surface area (Å²) in [7, 11) is 0. The van der Waals surface area contributed by atoms with Gasteiger partial charge >= 0.3 is 0 Å². The van der Waals surface area contributed by atoms with Gasteiger partial charge in [0.15, 0.2) is 5.82 Å². The predicted octanol–water partition coefficient (Wildman–Crippen LogP) is 4.67.